The predicted molar refractivity (Wildman–Crippen MR) is 67.3 cm³/mol. The Hall–Kier alpha value is -1.29. The smallest absolute Gasteiger partial charge is 0.160 e. The van der Waals surface area contributed by atoms with Crippen molar-refractivity contribution in [2.75, 3.05) is 39.2 Å². The van der Waals surface area contributed by atoms with Crippen LogP contribution in [0.25, 0.3) is 0 Å². The van der Waals surface area contributed by atoms with Crippen molar-refractivity contribution in [3.8, 4) is 5.75 Å². The summed E-state index contributed by atoms with van der Waals surface area (Å²) in [6.45, 7) is 4.02. The van der Waals surface area contributed by atoms with Crippen molar-refractivity contribution in [1.82, 2.24) is 10.3 Å². The maximum Gasteiger partial charge on any atom is 0.160 e. The van der Waals surface area contributed by atoms with Crippen LogP contribution in [0.2, 0.25) is 0 Å². The number of aromatic nitrogens is 1. The zero-order valence-corrected chi connectivity index (χ0v) is 10.6. The first-order chi connectivity index (χ1) is 7.69. The minimum Gasteiger partial charge on any atom is -0.493 e. The topological polar surface area (TPSA) is 37.4 Å². The van der Waals surface area contributed by atoms with Crippen LogP contribution in [0, 0.1) is 6.92 Å². The molecule has 4 heteroatoms. The lowest BCUT2D eigenvalue weighted by Gasteiger charge is -2.21. The fourth-order valence-corrected chi connectivity index (χ4v) is 1.60. The number of pyridine rings is 1. The number of methoxy groups -OCH3 is 1. The molecule has 1 heterocycles. The van der Waals surface area contributed by atoms with E-state index in [2.05, 4.69) is 28.3 Å². The maximum absolute atomic E-state index is 5.31. The van der Waals surface area contributed by atoms with Crippen molar-refractivity contribution < 1.29 is 4.74 Å². The molecule has 0 saturated carbocycles. The average molecular weight is 223 g/mol. The Bertz CT molecular complexity index is 328. The molecule has 0 bridgehead atoms. The molecule has 4 nitrogen and oxygen atoms in total. The van der Waals surface area contributed by atoms with Crippen LogP contribution in [-0.2, 0) is 0 Å². The van der Waals surface area contributed by atoms with Gasteiger partial charge in [0.05, 0.1) is 19.0 Å². The van der Waals surface area contributed by atoms with E-state index < -0.39 is 0 Å². The molecule has 0 radical (unpaired) electrons. The van der Waals surface area contributed by atoms with Crippen LogP contribution in [0.15, 0.2) is 12.3 Å². The van der Waals surface area contributed by atoms with Gasteiger partial charge < -0.3 is 15.0 Å². The summed E-state index contributed by atoms with van der Waals surface area (Å²) in [5, 5.41) is 3.14. The Morgan fingerprint density at radius 2 is 2.25 bits per heavy atom. The van der Waals surface area contributed by atoms with Crippen molar-refractivity contribution in [2.45, 2.75) is 13.3 Å². The molecular weight excluding hydrogens is 202 g/mol. The lowest BCUT2D eigenvalue weighted by Crippen LogP contribution is -2.22. The number of hydrogen-bond acceptors (Lipinski definition) is 4. The maximum atomic E-state index is 5.31. The van der Waals surface area contributed by atoms with Crippen molar-refractivity contribution in [2.24, 2.45) is 0 Å². The monoisotopic (exact) mass is 223 g/mol. The molecule has 0 aliphatic rings. The zero-order chi connectivity index (χ0) is 12.0. The van der Waals surface area contributed by atoms with Crippen molar-refractivity contribution >= 4 is 5.69 Å². The highest BCUT2D eigenvalue weighted by Crippen LogP contribution is 2.26. The summed E-state index contributed by atoms with van der Waals surface area (Å²) in [6.07, 6.45) is 2.89. The number of anilines is 1. The van der Waals surface area contributed by atoms with Gasteiger partial charge in [-0.3, -0.25) is 4.98 Å². The first-order valence-corrected chi connectivity index (χ1v) is 5.55. The Morgan fingerprint density at radius 1 is 1.50 bits per heavy atom. The van der Waals surface area contributed by atoms with Crippen LogP contribution in [0.4, 0.5) is 5.69 Å². The van der Waals surface area contributed by atoms with E-state index >= 15 is 0 Å². The summed E-state index contributed by atoms with van der Waals surface area (Å²) in [6, 6.07) is 2.05. The lowest BCUT2D eigenvalue weighted by atomic mass is 10.2. The van der Waals surface area contributed by atoms with Gasteiger partial charge in [-0.25, -0.2) is 0 Å². The van der Waals surface area contributed by atoms with Gasteiger partial charge in [0.2, 0.25) is 0 Å². The van der Waals surface area contributed by atoms with Crippen LogP contribution < -0.4 is 15.0 Å². The molecule has 0 spiro atoms. The fourth-order valence-electron chi connectivity index (χ4n) is 1.60. The van der Waals surface area contributed by atoms with Crippen molar-refractivity contribution in [3.63, 3.8) is 0 Å². The van der Waals surface area contributed by atoms with E-state index in [1.54, 1.807) is 13.3 Å². The van der Waals surface area contributed by atoms with Crippen LogP contribution in [0.5, 0.6) is 5.75 Å². The Balaban J connectivity index is 2.72. The van der Waals surface area contributed by atoms with Crippen LogP contribution in [0.1, 0.15) is 12.1 Å². The molecule has 1 aromatic rings. The zero-order valence-electron chi connectivity index (χ0n) is 10.6. The van der Waals surface area contributed by atoms with Crippen LogP contribution in [0.3, 0.4) is 0 Å². The van der Waals surface area contributed by atoms with E-state index in [4.69, 9.17) is 4.74 Å². The third-order valence-corrected chi connectivity index (χ3v) is 2.53. The van der Waals surface area contributed by atoms with E-state index in [-0.39, 0.29) is 0 Å². The second-order valence-corrected chi connectivity index (χ2v) is 3.88. The summed E-state index contributed by atoms with van der Waals surface area (Å²) < 4.78 is 5.31. The molecular formula is C12H21N3O. The minimum absolute atomic E-state index is 0.831. The Labute approximate surface area is 97.6 Å². The lowest BCUT2D eigenvalue weighted by molar-refractivity contribution is 0.412. The molecule has 0 aliphatic heterocycles. The number of nitrogens with zero attached hydrogens (tertiary/aromatic N) is 2. The summed E-state index contributed by atoms with van der Waals surface area (Å²) >= 11 is 0. The first kappa shape index (κ1) is 12.8. The minimum atomic E-state index is 0.831. The largest absolute Gasteiger partial charge is 0.493 e. The van der Waals surface area contributed by atoms with E-state index in [1.165, 1.54) is 0 Å². The van der Waals surface area contributed by atoms with Gasteiger partial charge in [0.25, 0.3) is 0 Å². The molecule has 0 fully saturated rings. The fraction of sp³-hybridized carbons (Fsp3) is 0.583. The van der Waals surface area contributed by atoms with Gasteiger partial charge in [0.1, 0.15) is 0 Å². The van der Waals surface area contributed by atoms with Gasteiger partial charge in [0.15, 0.2) is 5.75 Å². The first-order valence-electron chi connectivity index (χ1n) is 5.55. The van der Waals surface area contributed by atoms with Gasteiger partial charge in [-0.05, 0) is 33.0 Å². The number of hydrogen-bond donors (Lipinski definition) is 1. The SMILES string of the molecule is CNCCCN(C)c1cc(C)ncc1OC. The second kappa shape index (κ2) is 6.33. The summed E-state index contributed by atoms with van der Waals surface area (Å²) in [7, 11) is 5.72. The van der Waals surface area contributed by atoms with E-state index in [0.29, 0.717) is 0 Å². The van der Waals surface area contributed by atoms with Crippen molar-refractivity contribution in [3.05, 3.63) is 18.0 Å². The number of nitrogens with one attached hydrogen (secondary N) is 1. The van der Waals surface area contributed by atoms with E-state index in [9.17, 15) is 0 Å². The van der Waals surface area contributed by atoms with Gasteiger partial charge >= 0.3 is 0 Å². The van der Waals surface area contributed by atoms with E-state index in [1.807, 2.05) is 14.0 Å². The number of ether oxygens (including phenoxy) is 1. The van der Waals surface area contributed by atoms with Gasteiger partial charge in [-0.2, -0.15) is 0 Å². The molecule has 0 aliphatic carbocycles. The van der Waals surface area contributed by atoms with Crippen LogP contribution >= 0.6 is 0 Å². The van der Waals surface area contributed by atoms with Gasteiger partial charge in [-0.15, -0.1) is 0 Å². The van der Waals surface area contributed by atoms with E-state index in [0.717, 1.165) is 36.6 Å². The summed E-state index contributed by atoms with van der Waals surface area (Å²) in [5.74, 6) is 0.831. The van der Waals surface area contributed by atoms with Gasteiger partial charge in [0, 0.05) is 19.3 Å². The molecule has 90 valence electrons. The molecule has 0 amide bonds. The molecule has 1 rings (SSSR count). The third-order valence-electron chi connectivity index (χ3n) is 2.53. The molecule has 16 heavy (non-hydrogen) atoms. The highest BCUT2D eigenvalue weighted by atomic mass is 16.5. The normalized spacial score (nSPS) is 10.2. The summed E-state index contributed by atoms with van der Waals surface area (Å²) in [5.41, 5.74) is 2.11. The second-order valence-electron chi connectivity index (χ2n) is 3.88. The number of rotatable bonds is 6. The standard InChI is InChI=1S/C12H21N3O/c1-10-8-11(12(16-4)9-14-10)15(3)7-5-6-13-2/h8-9,13H,5-7H2,1-4H3. The van der Waals surface area contributed by atoms with Crippen molar-refractivity contribution in [1.29, 1.82) is 0 Å². The van der Waals surface area contributed by atoms with Crippen LogP contribution in [-0.4, -0.2) is 39.3 Å². The quantitative estimate of drug-likeness (QED) is 0.741. The molecule has 0 aromatic carbocycles. The molecule has 1 N–H and O–H groups in total. The van der Waals surface area contributed by atoms with Gasteiger partial charge in [-0.1, -0.05) is 0 Å². The highest BCUT2D eigenvalue weighted by molar-refractivity contribution is 5.57. The predicted octanol–water partition coefficient (Wildman–Crippen LogP) is 1.44. The molecule has 1 aromatic heterocycles. The third kappa shape index (κ3) is 3.38. The molecule has 0 unspecified atom stereocenters. The number of aryl methyl sites for hydroxylation is 1. The Kier molecular flexibility index (Phi) is 5.05. The molecule has 0 saturated heterocycles. The average Bonchev–Trinajstić information content (AvgIpc) is 2.29. The molecule has 0 atom stereocenters. The highest BCUT2D eigenvalue weighted by Gasteiger charge is 2.08. The Morgan fingerprint density at radius 3 is 2.88 bits per heavy atom. The summed E-state index contributed by atoms with van der Waals surface area (Å²) in [4.78, 5) is 6.42.